The Bertz CT molecular complexity index is 1290. The van der Waals surface area contributed by atoms with Crippen LogP contribution in [0.15, 0.2) is 66.7 Å². The minimum absolute atomic E-state index is 0.176. The van der Waals surface area contributed by atoms with Gasteiger partial charge in [0.25, 0.3) is 0 Å². The molecule has 0 amide bonds. The summed E-state index contributed by atoms with van der Waals surface area (Å²) in [4.78, 5) is 2.19. The van der Waals surface area contributed by atoms with Gasteiger partial charge in [-0.3, -0.25) is 9.29 Å². The number of aromatic hydroxyl groups is 1. The van der Waals surface area contributed by atoms with E-state index in [9.17, 15) is 14.8 Å². The van der Waals surface area contributed by atoms with Gasteiger partial charge in [-0.15, -0.1) is 0 Å². The molecule has 0 aromatic heterocycles. The molecular formula is C29H27FN2O3. The zero-order valence-corrected chi connectivity index (χ0v) is 19.6. The minimum atomic E-state index is -0.381. The van der Waals surface area contributed by atoms with Crippen molar-refractivity contribution >= 4 is 11.1 Å². The maximum Gasteiger partial charge on any atom is 0.150 e. The molecule has 0 spiro atoms. The molecular weight excluding hydrogens is 443 g/mol. The van der Waals surface area contributed by atoms with Crippen LogP contribution < -0.4 is 9.47 Å². The Morgan fingerprint density at radius 1 is 1.11 bits per heavy atom. The Morgan fingerprint density at radius 2 is 1.91 bits per heavy atom. The highest BCUT2D eigenvalue weighted by Crippen LogP contribution is 2.47. The topological polar surface area (TPSA) is 65.7 Å². The maximum absolute atomic E-state index is 12.6. The zero-order valence-electron chi connectivity index (χ0n) is 19.6. The lowest BCUT2D eigenvalue weighted by Crippen LogP contribution is -2.49. The second-order valence-corrected chi connectivity index (χ2v) is 9.11. The highest BCUT2D eigenvalue weighted by atomic mass is 19.1. The summed E-state index contributed by atoms with van der Waals surface area (Å²) in [5.74, 6) is 1.83. The van der Waals surface area contributed by atoms with E-state index in [0.29, 0.717) is 17.9 Å². The van der Waals surface area contributed by atoms with Gasteiger partial charge in [0.2, 0.25) is 0 Å². The first-order valence-corrected chi connectivity index (χ1v) is 11.8. The summed E-state index contributed by atoms with van der Waals surface area (Å²) in [6.45, 7) is 4.72. The molecule has 3 aromatic rings. The monoisotopic (exact) mass is 470 g/mol. The minimum Gasteiger partial charge on any atom is -0.508 e. The number of nitrogens with zero attached hydrogens (tertiary/aromatic N) is 2. The predicted molar refractivity (Wildman–Crippen MR) is 133 cm³/mol. The van der Waals surface area contributed by atoms with Crippen LogP contribution in [0.2, 0.25) is 0 Å². The van der Waals surface area contributed by atoms with E-state index in [1.165, 1.54) is 0 Å². The molecule has 2 aliphatic rings. The number of phenols is 1. The summed E-state index contributed by atoms with van der Waals surface area (Å²) in [6.07, 6.45) is -0.381. The second-order valence-electron chi connectivity index (χ2n) is 9.11. The molecule has 3 aromatic carbocycles. The largest absolute Gasteiger partial charge is 0.508 e. The van der Waals surface area contributed by atoms with Gasteiger partial charge in [-0.1, -0.05) is 24.3 Å². The number of hydrogen-bond donors (Lipinski definition) is 1. The third-order valence-electron chi connectivity index (χ3n) is 6.69. The van der Waals surface area contributed by atoms with Gasteiger partial charge in [0.05, 0.1) is 18.3 Å². The SMILES string of the molecule is CC1=C(c2cccc(C#N)c2)C(c2ccc(OCCN3CC(CF)C3)cc2)Oc2ccc(O)cc21. The van der Waals surface area contributed by atoms with Crippen LogP contribution in [-0.2, 0) is 0 Å². The number of phenolic OH excluding ortho intramolecular Hbond substituents is 1. The van der Waals surface area contributed by atoms with Crippen molar-refractivity contribution in [2.75, 3.05) is 32.9 Å². The molecule has 0 bridgehead atoms. The lowest BCUT2D eigenvalue weighted by Gasteiger charge is -2.37. The van der Waals surface area contributed by atoms with Crippen molar-refractivity contribution in [3.63, 3.8) is 0 Å². The van der Waals surface area contributed by atoms with Crippen LogP contribution in [0.4, 0.5) is 4.39 Å². The number of alkyl halides is 1. The van der Waals surface area contributed by atoms with Crippen LogP contribution >= 0.6 is 0 Å². The van der Waals surface area contributed by atoms with Gasteiger partial charge in [0.1, 0.15) is 30.0 Å². The molecule has 2 aliphatic heterocycles. The number of allylic oxidation sites excluding steroid dienone is 1. The Kier molecular flexibility index (Phi) is 6.43. The van der Waals surface area contributed by atoms with Gasteiger partial charge in [0, 0.05) is 36.7 Å². The van der Waals surface area contributed by atoms with Crippen LogP contribution in [0, 0.1) is 17.2 Å². The van der Waals surface area contributed by atoms with E-state index >= 15 is 0 Å². The maximum atomic E-state index is 12.6. The van der Waals surface area contributed by atoms with Crippen LogP contribution in [0.1, 0.15) is 35.3 Å². The standard InChI is InChI=1S/C29H27FN2O3/c1-19-26-14-24(33)7-10-27(26)35-29(28(19)23-4-2-3-20(13-23)16-31)22-5-8-25(9-6-22)34-12-11-32-17-21(15-30)18-32/h2-10,13-14,21,29,33H,11-12,15,17-18H2,1H3. The molecule has 1 unspecified atom stereocenters. The van der Waals surface area contributed by atoms with Crippen molar-refractivity contribution in [2.45, 2.75) is 13.0 Å². The lowest BCUT2D eigenvalue weighted by molar-refractivity contribution is 0.0668. The second kappa shape index (κ2) is 9.81. The third-order valence-corrected chi connectivity index (χ3v) is 6.69. The van der Waals surface area contributed by atoms with Crippen LogP contribution in [0.5, 0.6) is 17.2 Å². The van der Waals surface area contributed by atoms with Crippen LogP contribution in [-0.4, -0.2) is 42.9 Å². The van der Waals surface area contributed by atoms with Crippen molar-refractivity contribution in [2.24, 2.45) is 5.92 Å². The number of ether oxygens (including phenoxy) is 2. The van der Waals surface area contributed by atoms with Crippen molar-refractivity contribution in [3.8, 4) is 23.3 Å². The molecule has 178 valence electrons. The summed E-state index contributed by atoms with van der Waals surface area (Å²) in [5, 5.41) is 19.5. The Morgan fingerprint density at radius 3 is 2.66 bits per heavy atom. The molecule has 1 N–H and O–H groups in total. The average molecular weight is 471 g/mol. The number of hydrogen-bond acceptors (Lipinski definition) is 5. The van der Waals surface area contributed by atoms with E-state index < -0.39 is 0 Å². The van der Waals surface area contributed by atoms with Gasteiger partial charge >= 0.3 is 0 Å². The number of rotatable bonds is 7. The molecule has 0 saturated carbocycles. The molecule has 1 saturated heterocycles. The van der Waals surface area contributed by atoms with E-state index in [-0.39, 0.29) is 24.4 Å². The van der Waals surface area contributed by atoms with Crippen molar-refractivity contribution < 1.29 is 19.0 Å². The Hall–Kier alpha value is -3.82. The molecule has 0 radical (unpaired) electrons. The average Bonchev–Trinajstić information content (AvgIpc) is 2.86. The molecule has 1 fully saturated rings. The van der Waals surface area contributed by atoms with E-state index in [0.717, 1.165) is 53.2 Å². The highest BCUT2D eigenvalue weighted by molar-refractivity contribution is 5.95. The fourth-order valence-electron chi connectivity index (χ4n) is 4.79. The van der Waals surface area contributed by atoms with Crippen molar-refractivity contribution in [1.29, 1.82) is 5.26 Å². The first-order chi connectivity index (χ1) is 17.1. The molecule has 2 heterocycles. The number of nitriles is 1. The summed E-state index contributed by atoms with van der Waals surface area (Å²) in [7, 11) is 0. The van der Waals surface area contributed by atoms with E-state index in [2.05, 4.69) is 11.0 Å². The third kappa shape index (κ3) is 4.73. The molecule has 6 heteroatoms. The van der Waals surface area contributed by atoms with E-state index in [4.69, 9.17) is 9.47 Å². The van der Waals surface area contributed by atoms with Crippen LogP contribution in [0.3, 0.4) is 0 Å². The normalized spacial score (nSPS) is 17.8. The Labute approximate surface area is 204 Å². The Balaban J connectivity index is 1.40. The summed E-state index contributed by atoms with van der Waals surface area (Å²) in [5.41, 5.74) is 5.22. The zero-order chi connectivity index (χ0) is 24.4. The van der Waals surface area contributed by atoms with Crippen LogP contribution in [0.25, 0.3) is 11.1 Å². The summed E-state index contributed by atoms with van der Waals surface area (Å²) >= 11 is 0. The molecule has 35 heavy (non-hydrogen) atoms. The number of benzene rings is 3. The highest BCUT2D eigenvalue weighted by Gasteiger charge is 2.30. The lowest BCUT2D eigenvalue weighted by atomic mass is 9.85. The smallest absolute Gasteiger partial charge is 0.150 e. The fourth-order valence-corrected chi connectivity index (χ4v) is 4.79. The van der Waals surface area contributed by atoms with Gasteiger partial charge in [0.15, 0.2) is 0 Å². The number of halogens is 1. The molecule has 5 rings (SSSR count). The predicted octanol–water partition coefficient (Wildman–Crippen LogP) is 5.61. The van der Waals surface area contributed by atoms with Crippen molar-refractivity contribution in [1.82, 2.24) is 4.90 Å². The first-order valence-electron chi connectivity index (χ1n) is 11.8. The quantitative estimate of drug-likeness (QED) is 0.486. The molecule has 0 aliphatic carbocycles. The summed E-state index contributed by atoms with van der Waals surface area (Å²) in [6, 6.07) is 22.7. The van der Waals surface area contributed by atoms with E-state index in [1.807, 2.05) is 49.4 Å². The van der Waals surface area contributed by atoms with E-state index in [1.54, 1.807) is 24.3 Å². The number of fused-ring (bicyclic) bond motifs is 1. The summed E-state index contributed by atoms with van der Waals surface area (Å²) < 4.78 is 24.9. The first kappa shape index (κ1) is 22.9. The van der Waals surface area contributed by atoms with Gasteiger partial charge < -0.3 is 14.6 Å². The van der Waals surface area contributed by atoms with Crippen molar-refractivity contribution in [3.05, 3.63) is 89.0 Å². The fraction of sp³-hybridized carbons (Fsp3) is 0.276. The molecule has 5 nitrogen and oxygen atoms in total. The number of likely N-dealkylation sites (tertiary alicyclic amines) is 1. The van der Waals surface area contributed by atoms with Gasteiger partial charge in [-0.05, 0) is 66.1 Å². The van der Waals surface area contributed by atoms with Gasteiger partial charge in [-0.25, -0.2) is 0 Å². The molecule has 1 atom stereocenters. The van der Waals surface area contributed by atoms with Gasteiger partial charge in [-0.2, -0.15) is 5.26 Å².